The fourth-order valence-electron chi connectivity index (χ4n) is 2.72. The predicted octanol–water partition coefficient (Wildman–Crippen LogP) is 4.81. The number of hydrogen-bond acceptors (Lipinski definition) is 1. The zero-order valence-corrected chi connectivity index (χ0v) is 13.1. The summed E-state index contributed by atoms with van der Waals surface area (Å²) in [6, 6.07) is 4.72. The second-order valence-electron chi connectivity index (χ2n) is 6.77. The Morgan fingerprint density at radius 3 is 2.47 bits per heavy atom. The van der Waals surface area contributed by atoms with Crippen LogP contribution < -0.4 is 5.73 Å². The molecule has 0 fully saturated rings. The molecule has 1 aromatic rings. The Bertz CT molecular complexity index is 391. The molecule has 0 aliphatic heterocycles. The summed E-state index contributed by atoms with van der Waals surface area (Å²) in [5.74, 6) is 0.270. The SMILES string of the molecule is CC(CC(N)Cc1c(F)cccc1Cl)CC(C)(C)C. The van der Waals surface area contributed by atoms with Gasteiger partial charge in [0.25, 0.3) is 0 Å². The predicted molar refractivity (Wildman–Crippen MR) is 80.9 cm³/mol. The highest BCUT2D eigenvalue weighted by molar-refractivity contribution is 6.31. The molecule has 19 heavy (non-hydrogen) atoms. The van der Waals surface area contributed by atoms with Crippen LogP contribution in [-0.2, 0) is 6.42 Å². The minimum absolute atomic E-state index is 0.0493. The van der Waals surface area contributed by atoms with Gasteiger partial charge in [0.05, 0.1) is 0 Å². The molecule has 1 nitrogen and oxygen atoms in total. The standard InChI is InChI=1S/C16H25ClFN/c1-11(10-16(2,3)4)8-12(19)9-13-14(17)6-5-7-15(13)18/h5-7,11-12H,8-10,19H2,1-4H3. The van der Waals surface area contributed by atoms with Gasteiger partial charge in [-0.05, 0) is 42.7 Å². The molecule has 0 radical (unpaired) electrons. The van der Waals surface area contributed by atoms with E-state index in [1.54, 1.807) is 12.1 Å². The molecule has 0 saturated heterocycles. The largest absolute Gasteiger partial charge is 0.327 e. The fraction of sp³-hybridized carbons (Fsp3) is 0.625. The Kier molecular flexibility index (Phi) is 5.82. The van der Waals surface area contributed by atoms with Crippen molar-refractivity contribution in [2.75, 3.05) is 0 Å². The first-order chi connectivity index (χ1) is 8.69. The van der Waals surface area contributed by atoms with Gasteiger partial charge in [-0.1, -0.05) is 45.4 Å². The lowest BCUT2D eigenvalue weighted by atomic mass is 9.82. The van der Waals surface area contributed by atoms with Crippen LogP contribution in [0.3, 0.4) is 0 Å². The highest BCUT2D eigenvalue weighted by Crippen LogP contribution is 2.28. The Morgan fingerprint density at radius 1 is 1.32 bits per heavy atom. The molecule has 2 atom stereocenters. The molecular formula is C16H25ClFN. The molecule has 3 heteroatoms. The van der Waals surface area contributed by atoms with Gasteiger partial charge in [-0.15, -0.1) is 0 Å². The number of rotatable bonds is 5. The van der Waals surface area contributed by atoms with Crippen LogP contribution in [0.15, 0.2) is 18.2 Å². The molecule has 0 saturated carbocycles. The van der Waals surface area contributed by atoms with Crippen molar-refractivity contribution in [3.63, 3.8) is 0 Å². The van der Waals surface area contributed by atoms with E-state index in [2.05, 4.69) is 27.7 Å². The molecule has 108 valence electrons. The van der Waals surface area contributed by atoms with Gasteiger partial charge in [0.2, 0.25) is 0 Å². The van der Waals surface area contributed by atoms with Crippen LogP contribution in [-0.4, -0.2) is 6.04 Å². The molecule has 2 unspecified atom stereocenters. The Labute approximate surface area is 121 Å². The third-order valence-corrected chi connectivity index (χ3v) is 3.55. The van der Waals surface area contributed by atoms with Gasteiger partial charge >= 0.3 is 0 Å². The molecule has 0 heterocycles. The minimum Gasteiger partial charge on any atom is -0.327 e. The van der Waals surface area contributed by atoms with Crippen molar-refractivity contribution in [3.8, 4) is 0 Å². The van der Waals surface area contributed by atoms with Gasteiger partial charge < -0.3 is 5.73 Å². The van der Waals surface area contributed by atoms with Crippen molar-refractivity contribution in [2.45, 2.75) is 53.0 Å². The normalized spacial score (nSPS) is 15.3. The number of benzene rings is 1. The third kappa shape index (κ3) is 5.92. The van der Waals surface area contributed by atoms with Gasteiger partial charge in [0.1, 0.15) is 5.82 Å². The van der Waals surface area contributed by atoms with Crippen molar-refractivity contribution in [2.24, 2.45) is 17.1 Å². The highest BCUT2D eigenvalue weighted by Gasteiger charge is 2.19. The molecule has 1 aromatic carbocycles. The van der Waals surface area contributed by atoms with Crippen LogP contribution in [0.4, 0.5) is 4.39 Å². The molecule has 0 aromatic heterocycles. The maximum atomic E-state index is 13.7. The number of hydrogen-bond donors (Lipinski definition) is 1. The van der Waals surface area contributed by atoms with E-state index >= 15 is 0 Å². The second kappa shape index (κ2) is 6.71. The molecule has 0 aliphatic carbocycles. The fourth-order valence-corrected chi connectivity index (χ4v) is 2.96. The van der Waals surface area contributed by atoms with Crippen molar-refractivity contribution < 1.29 is 4.39 Å². The van der Waals surface area contributed by atoms with Crippen molar-refractivity contribution in [3.05, 3.63) is 34.6 Å². The maximum absolute atomic E-state index is 13.7. The van der Waals surface area contributed by atoms with E-state index in [1.165, 1.54) is 6.07 Å². The zero-order valence-electron chi connectivity index (χ0n) is 12.3. The first-order valence-electron chi connectivity index (χ1n) is 6.87. The second-order valence-corrected chi connectivity index (χ2v) is 7.18. The summed E-state index contributed by atoms with van der Waals surface area (Å²) in [5, 5.41) is 0.471. The summed E-state index contributed by atoms with van der Waals surface area (Å²) in [6.45, 7) is 8.88. The van der Waals surface area contributed by atoms with E-state index in [0.29, 0.717) is 28.3 Å². The summed E-state index contributed by atoms with van der Waals surface area (Å²) in [5.41, 5.74) is 6.98. The van der Waals surface area contributed by atoms with E-state index < -0.39 is 0 Å². The van der Waals surface area contributed by atoms with Crippen molar-refractivity contribution >= 4 is 11.6 Å². The van der Waals surface area contributed by atoms with Gasteiger partial charge in [0.15, 0.2) is 0 Å². The van der Waals surface area contributed by atoms with Crippen LogP contribution in [0.25, 0.3) is 0 Å². The first kappa shape index (κ1) is 16.5. The van der Waals surface area contributed by atoms with Gasteiger partial charge in [-0.2, -0.15) is 0 Å². The molecule has 2 N–H and O–H groups in total. The molecule has 0 aliphatic rings. The van der Waals surface area contributed by atoms with Crippen LogP contribution in [0.2, 0.25) is 5.02 Å². The lowest BCUT2D eigenvalue weighted by Crippen LogP contribution is -2.27. The van der Waals surface area contributed by atoms with Crippen molar-refractivity contribution in [1.82, 2.24) is 0 Å². The molecular weight excluding hydrogens is 261 g/mol. The Balaban J connectivity index is 2.58. The summed E-state index contributed by atoms with van der Waals surface area (Å²) < 4.78 is 13.7. The zero-order chi connectivity index (χ0) is 14.6. The lowest BCUT2D eigenvalue weighted by Gasteiger charge is -2.25. The molecule has 0 bridgehead atoms. The van der Waals surface area contributed by atoms with Crippen molar-refractivity contribution in [1.29, 1.82) is 0 Å². The smallest absolute Gasteiger partial charge is 0.127 e. The van der Waals surface area contributed by atoms with E-state index in [4.69, 9.17) is 17.3 Å². The topological polar surface area (TPSA) is 26.0 Å². The van der Waals surface area contributed by atoms with Crippen LogP contribution >= 0.6 is 11.6 Å². The van der Waals surface area contributed by atoms with E-state index in [-0.39, 0.29) is 11.9 Å². The van der Waals surface area contributed by atoms with E-state index in [9.17, 15) is 4.39 Å². The Hall–Kier alpha value is -0.600. The lowest BCUT2D eigenvalue weighted by molar-refractivity contribution is 0.285. The minimum atomic E-state index is -0.258. The van der Waals surface area contributed by atoms with Crippen LogP contribution in [0.5, 0.6) is 0 Å². The Morgan fingerprint density at radius 2 is 1.95 bits per heavy atom. The van der Waals surface area contributed by atoms with E-state index in [0.717, 1.165) is 12.8 Å². The number of halogens is 2. The first-order valence-corrected chi connectivity index (χ1v) is 7.25. The molecule has 0 amide bonds. The monoisotopic (exact) mass is 285 g/mol. The summed E-state index contributed by atoms with van der Waals surface area (Å²) in [4.78, 5) is 0. The average molecular weight is 286 g/mol. The van der Waals surface area contributed by atoms with Gasteiger partial charge in [0, 0.05) is 16.6 Å². The number of nitrogens with two attached hydrogens (primary N) is 1. The highest BCUT2D eigenvalue weighted by atomic mass is 35.5. The van der Waals surface area contributed by atoms with Crippen LogP contribution in [0.1, 0.15) is 46.1 Å². The summed E-state index contributed by atoms with van der Waals surface area (Å²) in [7, 11) is 0. The van der Waals surface area contributed by atoms with Gasteiger partial charge in [-0.25, -0.2) is 4.39 Å². The summed E-state index contributed by atoms with van der Waals surface area (Å²) in [6.07, 6.45) is 2.51. The maximum Gasteiger partial charge on any atom is 0.127 e. The average Bonchev–Trinajstić information content (AvgIpc) is 2.20. The third-order valence-electron chi connectivity index (χ3n) is 3.19. The quantitative estimate of drug-likeness (QED) is 0.825. The summed E-state index contributed by atoms with van der Waals surface area (Å²) >= 11 is 6.02. The molecule has 1 rings (SSSR count). The van der Waals surface area contributed by atoms with E-state index in [1.807, 2.05) is 0 Å². The molecule has 0 spiro atoms. The van der Waals surface area contributed by atoms with Gasteiger partial charge in [-0.3, -0.25) is 0 Å². The van der Waals surface area contributed by atoms with Crippen LogP contribution in [0, 0.1) is 17.2 Å².